The lowest BCUT2D eigenvalue weighted by Crippen LogP contribution is -2.45. The summed E-state index contributed by atoms with van der Waals surface area (Å²) in [7, 11) is 0. The number of rotatable bonds is 4. The molecule has 4 rings (SSSR count). The second kappa shape index (κ2) is 8.24. The third-order valence-electron chi connectivity index (χ3n) is 5.58. The monoisotopic (exact) mass is 421 g/mol. The van der Waals surface area contributed by atoms with Crippen molar-refractivity contribution < 1.29 is 14.3 Å². The molecule has 0 radical (unpaired) electrons. The van der Waals surface area contributed by atoms with Gasteiger partial charge < -0.3 is 14.8 Å². The first-order chi connectivity index (χ1) is 14.8. The van der Waals surface area contributed by atoms with Crippen LogP contribution in [-0.2, 0) is 9.47 Å². The number of amides is 1. The molecule has 1 saturated heterocycles. The summed E-state index contributed by atoms with van der Waals surface area (Å²) in [6.45, 7) is 9.17. The Kier molecular flexibility index (Phi) is 5.64. The van der Waals surface area contributed by atoms with Gasteiger partial charge in [-0.3, -0.25) is 9.59 Å². The molecule has 0 spiro atoms. The van der Waals surface area contributed by atoms with Crippen molar-refractivity contribution in [1.82, 2.24) is 10.2 Å². The third-order valence-corrected chi connectivity index (χ3v) is 5.58. The summed E-state index contributed by atoms with van der Waals surface area (Å²) in [5, 5.41) is 10.1. The van der Waals surface area contributed by atoms with E-state index in [0.29, 0.717) is 29.0 Å². The second-order valence-electron chi connectivity index (χ2n) is 8.96. The number of hydrogen-bond donors (Lipinski definition) is 2. The Hall–Kier alpha value is -3.03. The molecular formula is C24H27N3O4. The van der Waals surface area contributed by atoms with Gasteiger partial charge in [0, 0.05) is 22.1 Å². The average molecular weight is 421 g/mol. The van der Waals surface area contributed by atoms with Crippen LogP contribution in [0, 0.1) is 11.3 Å². The maximum absolute atomic E-state index is 12.9. The van der Waals surface area contributed by atoms with Crippen molar-refractivity contribution >= 4 is 22.4 Å². The smallest absolute Gasteiger partial charge is 0.276 e. The SMILES string of the molecule is CC(C)[C@@H]1O[C@@H](c2cccc(NC(=O)c3n[nH]c(=O)c4ccccc34)c2)OCC1(C)C. The van der Waals surface area contributed by atoms with Gasteiger partial charge in [0.2, 0.25) is 0 Å². The van der Waals surface area contributed by atoms with Gasteiger partial charge in [-0.15, -0.1) is 0 Å². The van der Waals surface area contributed by atoms with E-state index >= 15 is 0 Å². The zero-order chi connectivity index (χ0) is 22.2. The van der Waals surface area contributed by atoms with E-state index in [1.165, 1.54) is 0 Å². The summed E-state index contributed by atoms with van der Waals surface area (Å²) < 4.78 is 12.3. The number of aromatic nitrogens is 2. The first kappa shape index (κ1) is 21.2. The van der Waals surface area contributed by atoms with Crippen LogP contribution in [0.4, 0.5) is 5.69 Å². The molecule has 2 N–H and O–H groups in total. The molecule has 1 aliphatic rings. The number of benzene rings is 2. The Morgan fingerprint density at radius 1 is 1.16 bits per heavy atom. The molecule has 0 unspecified atom stereocenters. The van der Waals surface area contributed by atoms with Crippen LogP contribution in [0.3, 0.4) is 0 Å². The molecule has 1 fully saturated rings. The van der Waals surface area contributed by atoms with Gasteiger partial charge >= 0.3 is 0 Å². The number of fused-ring (bicyclic) bond motifs is 1. The molecule has 1 amide bonds. The first-order valence-electron chi connectivity index (χ1n) is 10.4. The van der Waals surface area contributed by atoms with Crippen molar-refractivity contribution in [3.05, 3.63) is 70.1 Å². The molecule has 7 nitrogen and oxygen atoms in total. The van der Waals surface area contributed by atoms with Gasteiger partial charge in [-0.1, -0.05) is 58.0 Å². The minimum atomic E-state index is -0.496. The fourth-order valence-electron chi connectivity index (χ4n) is 4.20. The van der Waals surface area contributed by atoms with Gasteiger partial charge in [0.1, 0.15) is 0 Å². The number of nitrogens with zero attached hydrogens (tertiary/aromatic N) is 1. The van der Waals surface area contributed by atoms with Crippen LogP contribution in [0.5, 0.6) is 0 Å². The van der Waals surface area contributed by atoms with Crippen LogP contribution >= 0.6 is 0 Å². The lowest BCUT2D eigenvalue weighted by Gasteiger charge is -2.44. The van der Waals surface area contributed by atoms with Crippen molar-refractivity contribution in [1.29, 1.82) is 0 Å². The van der Waals surface area contributed by atoms with Crippen molar-refractivity contribution in [3.8, 4) is 0 Å². The van der Waals surface area contributed by atoms with Gasteiger partial charge in [0.05, 0.1) is 18.1 Å². The number of ether oxygens (including phenoxy) is 2. The fraction of sp³-hybridized carbons (Fsp3) is 0.375. The molecule has 2 heterocycles. The quantitative estimate of drug-likeness (QED) is 0.656. The van der Waals surface area contributed by atoms with E-state index in [0.717, 1.165) is 5.56 Å². The molecule has 1 aromatic heterocycles. The van der Waals surface area contributed by atoms with Crippen LogP contribution in [0.2, 0.25) is 0 Å². The Morgan fingerprint density at radius 3 is 2.65 bits per heavy atom. The van der Waals surface area contributed by atoms with Crippen molar-refractivity contribution in [3.63, 3.8) is 0 Å². The van der Waals surface area contributed by atoms with E-state index in [1.54, 1.807) is 30.3 Å². The highest BCUT2D eigenvalue weighted by atomic mass is 16.7. The molecule has 0 bridgehead atoms. The van der Waals surface area contributed by atoms with Crippen molar-refractivity contribution in [2.45, 2.75) is 40.1 Å². The van der Waals surface area contributed by atoms with E-state index in [2.05, 4.69) is 43.2 Å². The minimum absolute atomic E-state index is 0.0567. The number of H-pyrrole nitrogens is 1. The number of aromatic amines is 1. The zero-order valence-electron chi connectivity index (χ0n) is 18.1. The second-order valence-corrected chi connectivity index (χ2v) is 8.96. The summed E-state index contributed by atoms with van der Waals surface area (Å²) >= 11 is 0. The third kappa shape index (κ3) is 4.24. The standard InChI is InChI=1S/C24H27N3O4/c1-14(2)20-24(3,4)13-30-23(31-20)15-8-7-9-16(12-15)25-22(29)19-17-10-5-6-11-18(17)21(28)27-26-19/h5-12,14,20,23H,13H2,1-4H3,(H,25,29)(H,27,28)/t20-,23-/m0/s1. The Bertz CT molecular complexity index is 1170. The Balaban J connectivity index is 1.57. The molecule has 1 aliphatic heterocycles. The summed E-state index contributed by atoms with van der Waals surface area (Å²) in [5.74, 6) is -0.0554. The van der Waals surface area contributed by atoms with E-state index in [-0.39, 0.29) is 22.8 Å². The largest absolute Gasteiger partial charge is 0.348 e. The topological polar surface area (TPSA) is 93.3 Å². The Labute approximate surface area is 180 Å². The highest BCUT2D eigenvalue weighted by Crippen LogP contribution is 2.39. The molecule has 7 heteroatoms. The minimum Gasteiger partial charge on any atom is -0.348 e. The number of carbonyl (C=O) groups is 1. The summed E-state index contributed by atoms with van der Waals surface area (Å²) in [5.41, 5.74) is 1.18. The highest BCUT2D eigenvalue weighted by Gasteiger charge is 2.40. The number of nitrogens with one attached hydrogen (secondary N) is 2. The summed E-state index contributed by atoms with van der Waals surface area (Å²) in [6, 6.07) is 14.3. The van der Waals surface area contributed by atoms with Gasteiger partial charge in [-0.25, -0.2) is 5.10 Å². The molecule has 0 saturated carbocycles. The lowest BCUT2D eigenvalue weighted by molar-refractivity contribution is -0.274. The molecular weight excluding hydrogens is 394 g/mol. The van der Waals surface area contributed by atoms with Gasteiger partial charge in [0.25, 0.3) is 11.5 Å². The maximum atomic E-state index is 12.9. The highest BCUT2D eigenvalue weighted by molar-refractivity contribution is 6.11. The van der Waals surface area contributed by atoms with Gasteiger partial charge in [-0.05, 0) is 24.1 Å². The van der Waals surface area contributed by atoms with Crippen LogP contribution in [0.25, 0.3) is 10.8 Å². The van der Waals surface area contributed by atoms with Gasteiger partial charge in [-0.2, -0.15) is 5.10 Å². The first-order valence-corrected chi connectivity index (χ1v) is 10.4. The van der Waals surface area contributed by atoms with Crippen LogP contribution in [0.1, 0.15) is 50.0 Å². The molecule has 2 atom stereocenters. The predicted molar refractivity (Wildman–Crippen MR) is 119 cm³/mol. The molecule has 2 aromatic carbocycles. The number of anilines is 1. The van der Waals surface area contributed by atoms with E-state index in [9.17, 15) is 9.59 Å². The normalized spacial score (nSPS) is 20.7. The molecule has 0 aliphatic carbocycles. The van der Waals surface area contributed by atoms with E-state index < -0.39 is 12.2 Å². The zero-order valence-corrected chi connectivity index (χ0v) is 18.1. The van der Waals surface area contributed by atoms with E-state index in [4.69, 9.17) is 9.47 Å². The van der Waals surface area contributed by atoms with Crippen molar-refractivity contribution in [2.75, 3.05) is 11.9 Å². The number of carbonyl (C=O) groups excluding carboxylic acids is 1. The van der Waals surface area contributed by atoms with Crippen LogP contribution in [-0.4, -0.2) is 28.8 Å². The Morgan fingerprint density at radius 2 is 1.90 bits per heavy atom. The lowest BCUT2D eigenvalue weighted by atomic mass is 9.80. The van der Waals surface area contributed by atoms with Crippen LogP contribution in [0.15, 0.2) is 53.3 Å². The van der Waals surface area contributed by atoms with Gasteiger partial charge in [0.15, 0.2) is 12.0 Å². The van der Waals surface area contributed by atoms with Crippen LogP contribution < -0.4 is 10.9 Å². The number of hydrogen-bond acceptors (Lipinski definition) is 5. The fourth-order valence-corrected chi connectivity index (χ4v) is 4.20. The molecule has 162 valence electrons. The van der Waals surface area contributed by atoms with E-state index in [1.807, 2.05) is 18.2 Å². The average Bonchev–Trinajstić information content (AvgIpc) is 2.74. The maximum Gasteiger partial charge on any atom is 0.276 e. The predicted octanol–water partition coefficient (Wildman–Crippen LogP) is 4.27. The molecule has 3 aromatic rings. The summed E-state index contributed by atoms with van der Waals surface area (Å²) in [4.78, 5) is 24.9. The summed E-state index contributed by atoms with van der Waals surface area (Å²) in [6.07, 6.45) is -0.439. The molecule has 31 heavy (non-hydrogen) atoms. The van der Waals surface area contributed by atoms with Crippen molar-refractivity contribution in [2.24, 2.45) is 11.3 Å².